The number of likely N-dealkylation sites (N-methyl/N-ethyl adjacent to an activating group) is 1. The van der Waals surface area contributed by atoms with Crippen LogP contribution < -0.4 is 5.32 Å². The fraction of sp³-hybridized carbons (Fsp3) is 0.727. The number of allylic oxidation sites excluding steroid dienone is 1. The summed E-state index contributed by atoms with van der Waals surface area (Å²) in [7, 11) is 6.39. The summed E-state index contributed by atoms with van der Waals surface area (Å²) >= 11 is 0. The fourth-order valence-corrected chi connectivity index (χ4v) is 1.00. The van der Waals surface area contributed by atoms with Gasteiger partial charge in [0.25, 0.3) is 0 Å². The minimum absolute atomic E-state index is 0.284. The van der Waals surface area contributed by atoms with Gasteiger partial charge in [0.1, 0.15) is 0 Å². The topological polar surface area (TPSA) is 38.3 Å². The molecule has 0 aliphatic heterocycles. The maximum atomic E-state index is 11.1. The van der Waals surface area contributed by atoms with Crippen LogP contribution in [0.25, 0.3) is 0 Å². The summed E-state index contributed by atoms with van der Waals surface area (Å²) in [6.07, 6.45) is 1.49. The average Bonchev–Trinajstić information content (AvgIpc) is 2.01. The Balaban J connectivity index is 3.83. The number of carbonyl (C=O) groups excluding carboxylic acids is 1. The summed E-state index contributed by atoms with van der Waals surface area (Å²) < 4.78 is 5.70. The third kappa shape index (κ3) is 9.28. The smallest absolute Gasteiger partial charge is 0.332 e. The first-order valence-electron chi connectivity index (χ1n) is 5.24. The number of nitrogens with zero attached hydrogens (tertiary/aromatic N) is 1. The van der Waals surface area contributed by atoms with Crippen molar-refractivity contribution in [1.82, 2.24) is 5.32 Å². The van der Waals surface area contributed by atoms with Crippen LogP contribution in [0.5, 0.6) is 0 Å². The fourth-order valence-electron chi connectivity index (χ4n) is 1.00. The van der Waals surface area contributed by atoms with E-state index in [1.165, 1.54) is 6.08 Å². The van der Waals surface area contributed by atoms with E-state index in [-0.39, 0.29) is 5.97 Å². The second-order valence-electron chi connectivity index (χ2n) is 4.52. The van der Waals surface area contributed by atoms with Crippen molar-refractivity contribution >= 4 is 5.97 Å². The summed E-state index contributed by atoms with van der Waals surface area (Å²) in [6.45, 7) is 5.94. The first kappa shape index (κ1) is 14.0. The summed E-state index contributed by atoms with van der Waals surface area (Å²) in [6, 6.07) is 0. The molecule has 0 aliphatic rings. The number of esters is 1. The molecule has 0 radical (unpaired) electrons. The van der Waals surface area contributed by atoms with Crippen LogP contribution in [0.4, 0.5) is 0 Å². The average molecular weight is 215 g/mol. The van der Waals surface area contributed by atoms with Gasteiger partial charge >= 0.3 is 5.97 Å². The van der Waals surface area contributed by atoms with Gasteiger partial charge in [-0.25, -0.2) is 4.79 Å². The Kier molecular flexibility index (Phi) is 6.01. The lowest BCUT2D eigenvalue weighted by atomic mass is 10.4. The lowest BCUT2D eigenvalue weighted by Crippen LogP contribution is -2.40. The third-order valence-electron chi connectivity index (χ3n) is 1.81. The number of hydrogen-bond acceptors (Lipinski definition) is 3. The maximum absolute atomic E-state index is 11.1. The van der Waals surface area contributed by atoms with Crippen molar-refractivity contribution in [2.24, 2.45) is 0 Å². The van der Waals surface area contributed by atoms with Crippen molar-refractivity contribution in [3.8, 4) is 0 Å². The normalized spacial score (nSPS) is 12.5. The molecule has 0 aromatic carbocycles. The van der Waals surface area contributed by atoms with Crippen molar-refractivity contribution in [2.75, 3.05) is 40.8 Å². The van der Waals surface area contributed by atoms with Crippen LogP contribution in [0.15, 0.2) is 11.8 Å². The van der Waals surface area contributed by atoms with Crippen LogP contribution in [0.3, 0.4) is 0 Å². The van der Waals surface area contributed by atoms with Gasteiger partial charge in [-0.1, -0.05) is 0 Å². The lowest BCUT2D eigenvalue weighted by Gasteiger charge is -2.24. The molecule has 0 aromatic rings. The zero-order valence-corrected chi connectivity index (χ0v) is 10.5. The van der Waals surface area contributed by atoms with Crippen LogP contribution in [0, 0.1) is 0 Å². The molecular weight excluding hydrogens is 192 g/mol. The number of ether oxygens (including phenoxy) is 1. The number of hydrogen-bond donors (Lipinski definition) is 1. The van der Waals surface area contributed by atoms with Crippen LogP contribution in [-0.4, -0.2) is 51.3 Å². The van der Waals surface area contributed by atoms with E-state index < -0.39 is 0 Å². The molecule has 0 heterocycles. The highest BCUT2D eigenvalue weighted by atomic mass is 16.5. The molecule has 0 bridgehead atoms. The van der Waals surface area contributed by atoms with E-state index in [0.29, 0.717) is 6.61 Å². The molecule has 0 rings (SSSR count). The van der Waals surface area contributed by atoms with E-state index in [9.17, 15) is 4.79 Å². The Hall–Kier alpha value is -1.03. The molecule has 0 atom stereocenters. The van der Waals surface area contributed by atoms with Crippen molar-refractivity contribution in [3.05, 3.63) is 11.8 Å². The summed E-state index contributed by atoms with van der Waals surface area (Å²) in [5.41, 5.74) is 0.849. The van der Waals surface area contributed by atoms with Crippen molar-refractivity contribution in [1.29, 1.82) is 0 Å². The van der Waals surface area contributed by atoms with Crippen LogP contribution in [0.2, 0.25) is 0 Å². The first-order chi connectivity index (χ1) is 6.85. The number of quaternary nitrogens is 1. The van der Waals surface area contributed by atoms with E-state index >= 15 is 0 Å². The molecule has 0 amide bonds. The Morgan fingerprint density at radius 3 is 2.47 bits per heavy atom. The van der Waals surface area contributed by atoms with Gasteiger partial charge in [-0.3, -0.25) is 0 Å². The van der Waals surface area contributed by atoms with Crippen LogP contribution in [0.1, 0.15) is 13.8 Å². The minimum atomic E-state index is -0.284. The molecule has 0 fully saturated rings. The Morgan fingerprint density at radius 1 is 1.40 bits per heavy atom. The molecule has 15 heavy (non-hydrogen) atoms. The SMILES string of the molecule is CCOC(=O)C=C(C)NCC[N+](C)(C)C. The summed E-state index contributed by atoms with van der Waals surface area (Å²) in [5.74, 6) is -0.284. The molecule has 4 nitrogen and oxygen atoms in total. The third-order valence-corrected chi connectivity index (χ3v) is 1.81. The van der Waals surface area contributed by atoms with E-state index in [4.69, 9.17) is 4.74 Å². The molecular formula is C11H23N2O2+. The molecule has 1 N–H and O–H groups in total. The van der Waals surface area contributed by atoms with Gasteiger partial charge < -0.3 is 14.5 Å². The number of carbonyl (C=O) groups is 1. The zero-order chi connectivity index (χ0) is 11.9. The van der Waals surface area contributed by atoms with Gasteiger partial charge in [-0.15, -0.1) is 0 Å². The quantitative estimate of drug-likeness (QED) is 0.404. The Labute approximate surface area is 92.5 Å². The molecule has 0 aliphatic carbocycles. The number of nitrogens with one attached hydrogen (secondary N) is 1. The first-order valence-corrected chi connectivity index (χ1v) is 5.24. The van der Waals surface area contributed by atoms with E-state index in [0.717, 1.165) is 23.3 Å². The van der Waals surface area contributed by atoms with E-state index in [2.05, 4.69) is 26.5 Å². The predicted octanol–water partition coefficient (Wildman–Crippen LogP) is 0.749. The number of rotatable bonds is 6. The highest BCUT2D eigenvalue weighted by Gasteiger charge is 2.05. The zero-order valence-electron chi connectivity index (χ0n) is 10.5. The highest BCUT2D eigenvalue weighted by Crippen LogP contribution is 1.91. The molecule has 4 heteroatoms. The second-order valence-corrected chi connectivity index (χ2v) is 4.52. The van der Waals surface area contributed by atoms with Gasteiger partial charge in [0, 0.05) is 11.8 Å². The molecule has 0 aromatic heterocycles. The van der Waals surface area contributed by atoms with Crippen LogP contribution >= 0.6 is 0 Å². The highest BCUT2D eigenvalue weighted by molar-refractivity contribution is 5.82. The van der Waals surface area contributed by atoms with Gasteiger partial charge in [-0.05, 0) is 13.8 Å². The van der Waals surface area contributed by atoms with Crippen LogP contribution in [-0.2, 0) is 9.53 Å². The van der Waals surface area contributed by atoms with E-state index in [1.54, 1.807) is 6.92 Å². The van der Waals surface area contributed by atoms with Gasteiger partial charge in [0.15, 0.2) is 0 Å². The van der Waals surface area contributed by atoms with Gasteiger partial charge in [-0.2, -0.15) is 0 Å². The molecule has 0 saturated heterocycles. The standard InChI is InChI=1S/C11H22N2O2/c1-6-15-11(14)9-10(2)12-7-8-13(3,4)5/h9H,6-8H2,1-5H3/p+1. The summed E-state index contributed by atoms with van der Waals surface area (Å²) in [4.78, 5) is 11.1. The second kappa shape index (κ2) is 6.45. The lowest BCUT2D eigenvalue weighted by molar-refractivity contribution is -0.869. The molecule has 88 valence electrons. The maximum Gasteiger partial charge on any atom is 0.332 e. The Morgan fingerprint density at radius 2 is 2.00 bits per heavy atom. The van der Waals surface area contributed by atoms with Crippen molar-refractivity contribution < 1.29 is 14.0 Å². The minimum Gasteiger partial charge on any atom is -0.463 e. The van der Waals surface area contributed by atoms with Crippen molar-refractivity contribution in [2.45, 2.75) is 13.8 Å². The molecule has 0 unspecified atom stereocenters. The largest absolute Gasteiger partial charge is 0.463 e. The predicted molar refractivity (Wildman–Crippen MR) is 61.3 cm³/mol. The van der Waals surface area contributed by atoms with Gasteiger partial charge in [0.05, 0.1) is 40.8 Å². The summed E-state index contributed by atoms with van der Waals surface area (Å²) in [5, 5.41) is 3.17. The van der Waals surface area contributed by atoms with Gasteiger partial charge in [0.2, 0.25) is 0 Å². The molecule has 0 saturated carbocycles. The monoisotopic (exact) mass is 215 g/mol. The molecule has 0 spiro atoms. The van der Waals surface area contributed by atoms with E-state index in [1.807, 2.05) is 6.92 Å². The van der Waals surface area contributed by atoms with Crippen molar-refractivity contribution in [3.63, 3.8) is 0 Å². The Bertz CT molecular complexity index is 229.